The maximum Gasteiger partial charge on any atom is 0.246 e. The molecule has 0 unspecified atom stereocenters. The molecule has 0 saturated heterocycles. The number of nitrogens with one attached hydrogen (secondary N) is 1. The van der Waals surface area contributed by atoms with E-state index in [1.807, 2.05) is 45.0 Å². The summed E-state index contributed by atoms with van der Waals surface area (Å²) >= 11 is 0. The molecule has 3 nitrogen and oxygen atoms in total. The van der Waals surface area contributed by atoms with Crippen molar-refractivity contribution in [3.8, 4) is 0 Å². The summed E-state index contributed by atoms with van der Waals surface area (Å²) in [5.41, 5.74) is 2.34. The van der Waals surface area contributed by atoms with Crippen LogP contribution in [0.1, 0.15) is 37.4 Å². The van der Waals surface area contributed by atoms with Crippen LogP contribution in [0.4, 0.5) is 0 Å². The molecule has 0 aliphatic carbocycles. The molecule has 0 radical (unpaired) electrons. The maximum atomic E-state index is 11.6. The van der Waals surface area contributed by atoms with E-state index >= 15 is 0 Å². The van der Waals surface area contributed by atoms with Crippen molar-refractivity contribution >= 4 is 5.91 Å². The monoisotopic (exact) mass is 235 g/mol. The first-order valence-corrected chi connectivity index (χ1v) is 6.07. The highest BCUT2D eigenvalue weighted by molar-refractivity contribution is 5.77. The van der Waals surface area contributed by atoms with Crippen LogP contribution in [0.3, 0.4) is 0 Å². The van der Waals surface area contributed by atoms with Crippen LogP contribution >= 0.6 is 0 Å². The fourth-order valence-electron chi connectivity index (χ4n) is 1.74. The van der Waals surface area contributed by atoms with Gasteiger partial charge in [0, 0.05) is 6.61 Å². The molecule has 0 fully saturated rings. The van der Waals surface area contributed by atoms with Crippen LogP contribution in [-0.4, -0.2) is 19.1 Å². The normalized spacial score (nSPS) is 12.2. The zero-order chi connectivity index (χ0) is 12.7. The smallest absolute Gasteiger partial charge is 0.246 e. The number of hydrogen-bond acceptors (Lipinski definition) is 2. The third kappa shape index (κ3) is 4.57. The van der Waals surface area contributed by atoms with Crippen LogP contribution < -0.4 is 5.32 Å². The van der Waals surface area contributed by atoms with E-state index in [-0.39, 0.29) is 18.6 Å². The van der Waals surface area contributed by atoms with Crippen molar-refractivity contribution in [3.63, 3.8) is 0 Å². The lowest BCUT2D eigenvalue weighted by molar-refractivity contribution is -0.126. The van der Waals surface area contributed by atoms with Crippen molar-refractivity contribution in [2.75, 3.05) is 13.2 Å². The average Bonchev–Trinajstić information content (AvgIpc) is 2.29. The van der Waals surface area contributed by atoms with Crippen molar-refractivity contribution in [2.24, 2.45) is 0 Å². The van der Waals surface area contributed by atoms with Gasteiger partial charge in [-0.25, -0.2) is 0 Å². The number of hydrogen-bond donors (Lipinski definition) is 1. The zero-order valence-electron chi connectivity index (χ0n) is 10.8. The number of ether oxygens (including phenoxy) is 1. The van der Waals surface area contributed by atoms with Crippen molar-refractivity contribution in [1.82, 2.24) is 5.32 Å². The predicted molar refractivity (Wildman–Crippen MR) is 68.8 cm³/mol. The first-order valence-electron chi connectivity index (χ1n) is 6.07. The molecule has 1 atom stereocenters. The van der Waals surface area contributed by atoms with Crippen molar-refractivity contribution < 1.29 is 9.53 Å². The fraction of sp³-hybridized carbons (Fsp3) is 0.500. The molecule has 1 aromatic rings. The predicted octanol–water partition coefficient (Wildman–Crippen LogP) is 2.60. The molecule has 0 saturated carbocycles. The summed E-state index contributed by atoms with van der Waals surface area (Å²) in [4.78, 5) is 11.6. The van der Waals surface area contributed by atoms with E-state index < -0.39 is 0 Å². The molecular weight excluding hydrogens is 214 g/mol. The number of aryl methyl sites for hydroxylation is 1. The molecular formula is C14H21NO2. The van der Waals surface area contributed by atoms with Gasteiger partial charge in [0.15, 0.2) is 0 Å². The van der Waals surface area contributed by atoms with Gasteiger partial charge in [-0.05, 0) is 31.4 Å². The number of rotatable bonds is 6. The van der Waals surface area contributed by atoms with Gasteiger partial charge in [0.2, 0.25) is 5.91 Å². The van der Waals surface area contributed by atoms with Crippen LogP contribution in [0.15, 0.2) is 24.3 Å². The lowest BCUT2D eigenvalue weighted by Gasteiger charge is -2.16. The summed E-state index contributed by atoms with van der Waals surface area (Å²) < 4.78 is 5.20. The molecule has 3 heteroatoms. The lowest BCUT2D eigenvalue weighted by atomic mass is 10.0. The second-order valence-electron chi connectivity index (χ2n) is 4.20. The van der Waals surface area contributed by atoms with Crippen molar-refractivity contribution in [2.45, 2.75) is 33.2 Å². The van der Waals surface area contributed by atoms with Gasteiger partial charge in [-0.1, -0.05) is 31.2 Å². The van der Waals surface area contributed by atoms with E-state index in [4.69, 9.17) is 4.74 Å². The summed E-state index contributed by atoms with van der Waals surface area (Å²) in [6.07, 6.45) is 0.931. The van der Waals surface area contributed by atoms with E-state index in [1.165, 1.54) is 5.56 Å². The highest BCUT2D eigenvalue weighted by Gasteiger charge is 2.10. The van der Waals surface area contributed by atoms with Gasteiger partial charge < -0.3 is 10.1 Å². The molecule has 94 valence electrons. The Balaban J connectivity index is 2.46. The van der Waals surface area contributed by atoms with Gasteiger partial charge in [-0.15, -0.1) is 0 Å². The SMILES string of the molecule is CCCOCC(=O)N[C@H](C)c1ccccc1C. The molecule has 0 spiro atoms. The van der Waals surface area contributed by atoms with E-state index in [0.717, 1.165) is 12.0 Å². The molecule has 1 aromatic carbocycles. The molecule has 0 aliphatic rings. The first-order chi connectivity index (χ1) is 8.15. The summed E-state index contributed by atoms with van der Waals surface area (Å²) in [6, 6.07) is 8.09. The number of carbonyl (C=O) groups is 1. The van der Waals surface area contributed by atoms with Gasteiger partial charge in [0.05, 0.1) is 6.04 Å². The Morgan fingerprint density at radius 3 is 2.76 bits per heavy atom. The average molecular weight is 235 g/mol. The Labute approximate surface area is 103 Å². The third-order valence-corrected chi connectivity index (χ3v) is 2.61. The summed E-state index contributed by atoms with van der Waals surface area (Å²) in [5, 5.41) is 2.93. The summed E-state index contributed by atoms with van der Waals surface area (Å²) in [5.74, 6) is -0.0609. The minimum Gasteiger partial charge on any atom is -0.372 e. The molecule has 0 aliphatic heterocycles. The van der Waals surface area contributed by atoms with Crippen LogP contribution in [0.5, 0.6) is 0 Å². The molecule has 0 heterocycles. The van der Waals surface area contributed by atoms with E-state index in [2.05, 4.69) is 5.32 Å². The van der Waals surface area contributed by atoms with Gasteiger partial charge in [-0.2, -0.15) is 0 Å². The highest BCUT2D eigenvalue weighted by atomic mass is 16.5. The second kappa shape index (κ2) is 7.07. The summed E-state index contributed by atoms with van der Waals surface area (Å²) in [7, 11) is 0. The molecule has 0 bridgehead atoms. The highest BCUT2D eigenvalue weighted by Crippen LogP contribution is 2.16. The Bertz CT molecular complexity index is 363. The topological polar surface area (TPSA) is 38.3 Å². The van der Waals surface area contributed by atoms with Crippen molar-refractivity contribution in [3.05, 3.63) is 35.4 Å². The summed E-state index contributed by atoms with van der Waals surface area (Å²) in [6.45, 7) is 6.83. The minimum absolute atomic E-state index is 0.0222. The second-order valence-corrected chi connectivity index (χ2v) is 4.20. The third-order valence-electron chi connectivity index (χ3n) is 2.61. The van der Waals surface area contributed by atoms with E-state index in [1.54, 1.807) is 0 Å². The number of amides is 1. The number of carbonyl (C=O) groups excluding carboxylic acids is 1. The van der Waals surface area contributed by atoms with Crippen LogP contribution in [0.25, 0.3) is 0 Å². The Hall–Kier alpha value is -1.35. The molecule has 17 heavy (non-hydrogen) atoms. The van der Waals surface area contributed by atoms with Gasteiger partial charge in [0.25, 0.3) is 0 Å². The Morgan fingerprint density at radius 1 is 1.41 bits per heavy atom. The molecule has 0 aromatic heterocycles. The van der Waals surface area contributed by atoms with Gasteiger partial charge in [-0.3, -0.25) is 4.79 Å². The van der Waals surface area contributed by atoms with Crippen molar-refractivity contribution in [1.29, 1.82) is 0 Å². The van der Waals surface area contributed by atoms with Gasteiger partial charge >= 0.3 is 0 Å². The minimum atomic E-state index is -0.0609. The van der Waals surface area contributed by atoms with Crippen LogP contribution in [-0.2, 0) is 9.53 Å². The van der Waals surface area contributed by atoms with Gasteiger partial charge in [0.1, 0.15) is 6.61 Å². The van der Waals surface area contributed by atoms with Crippen LogP contribution in [0.2, 0.25) is 0 Å². The number of benzene rings is 1. The Morgan fingerprint density at radius 2 is 2.12 bits per heavy atom. The Kier molecular flexibility index (Phi) is 5.70. The maximum absolute atomic E-state index is 11.6. The quantitative estimate of drug-likeness (QED) is 0.770. The zero-order valence-corrected chi connectivity index (χ0v) is 10.8. The fourth-order valence-corrected chi connectivity index (χ4v) is 1.74. The largest absolute Gasteiger partial charge is 0.372 e. The lowest BCUT2D eigenvalue weighted by Crippen LogP contribution is -2.30. The van der Waals surface area contributed by atoms with E-state index in [0.29, 0.717) is 6.61 Å². The molecule has 1 rings (SSSR count). The van der Waals surface area contributed by atoms with E-state index in [9.17, 15) is 4.79 Å². The molecule has 1 amide bonds. The molecule has 1 N–H and O–H groups in total. The standard InChI is InChI=1S/C14H21NO2/c1-4-9-17-10-14(16)15-12(3)13-8-6-5-7-11(13)2/h5-8,12H,4,9-10H2,1-3H3,(H,15,16)/t12-/m1/s1. The first kappa shape index (κ1) is 13.7. The van der Waals surface area contributed by atoms with Crippen LogP contribution in [0, 0.1) is 6.92 Å².